The highest BCUT2D eigenvalue weighted by atomic mass is 16.6. The third kappa shape index (κ3) is 4.89. The van der Waals surface area contributed by atoms with Gasteiger partial charge in [0.2, 0.25) is 0 Å². The number of carbonyl (C=O) groups is 2. The fraction of sp³-hybridized carbons (Fsp3) is 0.263. The Bertz CT molecular complexity index is 823. The van der Waals surface area contributed by atoms with Gasteiger partial charge in [0.25, 0.3) is 11.6 Å². The van der Waals surface area contributed by atoms with Crippen molar-refractivity contribution in [3.8, 4) is 0 Å². The highest BCUT2D eigenvalue weighted by Crippen LogP contribution is 2.23. The number of nitrogens with one attached hydrogen (secondary N) is 1. The summed E-state index contributed by atoms with van der Waals surface area (Å²) in [5.74, 6) is -1.29. The lowest BCUT2D eigenvalue weighted by atomic mass is 9.87. The number of anilines is 1. The van der Waals surface area contributed by atoms with Gasteiger partial charge in [0.05, 0.1) is 10.5 Å². The molecule has 0 aromatic heterocycles. The molecule has 136 valence electrons. The molecule has 0 spiro atoms. The van der Waals surface area contributed by atoms with Gasteiger partial charge in [-0.15, -0.1) is 0 Å². The summed E-state index contributed by atoms with van der Waals surface area (Å²) in [6.45, 7) is 5.65. The topological polar surface area (TPSA) is 98.5 Å². The summed E-state index contributed by atoms with van der Waals surface area (Å²) in [4.78, 5) is 34.2. The van der Waals surface area contributed by atoms with Gasteiger partial charge in [-0.2, -0.15) is 0 Å². The van der Waals surface area contributed by atoms with E-state index in [9.17, 15) is 19.7 Å². The highest BCUT2D eigenvalue weighted by Gasteiger charge is 2.17. The Morgan fingerprint density at radius 1 is 1.08 bits per heavy atom. The minimum atomic E-state index is -0.654. The number of esters is 1. The zero-order chi connectivity index (χ0) is 19.3. The number of benzene rings is 2. The van der Waals surface area contributed by atoms with Crippen LogP contribution in [0.1, 0.15) is 36.7 Å². The van der Waals surface area contributed by atoms with Crippen molar-refractivity contribution in [2.75, 3.05) is 11.9 Å². The van der Waals surface area contributed by atoms with Crippen LogP contribution in [0, 0.1) is 10.1 Å². The molecule has 2 aromatic rings. The second kappa shape index (κ2) is 7.77. The number of rotatable bonds is 5. The first-order valence-corrected chi connectivity index (χ1v) is 7.99. The molecule has 2 aromatic carbocycles. The summed E-state index contributed by atoms with van der Waals surface area (Å²) in [5.41, 5.74) is 1.19. The monoisotopic (exact) mass is 356 g/mol. The van der Waals surface area contributed by atoms with Crippen LogP contribution >= 0.6 is 0 Å². The number of ether oxygens (including phenoxy) is 1. The Balaban J connectivity index is 1.95. The normalized spacial score (nSPS) is 10.9. The van der Waals surface area contributed by atoms with Crippen molar-refractivity contribution >= 4 is 23.3 Å². The molecule has 0 radical (unpaired) electrons. The lowest BCUT2D eigenvalue weighted by Crippen LogP contribution is -2.21. The molecule has 0 saturated heterocycles. The van der Waals surface area contributed by atoms with Gasteiger partial charge in [-0.3, -0.25) is 14.9 Å². The first-order chi connectivity index (χ1) is 12.2. The van der Waals surface area contributed by atoms with Crippen molar-refractivity contribution in [2.24, 2.45) is 0 Å². The second-order valence-electron chi connectivity index (χ2n) is 6.73. The molecule has 26 heavy (non-hydrogen) atoms. The Hall–Kier alpha value is -3.22. The molecule has 0 aliphatic heterocycles. The maximum Gasteiger partial charge on any atom is 0.338 e. The first-order valence-electron chi connectivity index (χ1n) is 7.99. The average Bonchev–Trinajstić information content (AvgIpc) is 2.59. The minimum absolute atomic E-state index is 0.0350. The predicted octanol–water partition coefficient (Wildman–Crippen LogP) is 3.69. The van der Waals surface area contributed by atoms with E-state index in [1.165, 1.54) is 18.2 Å². The van der Waals surface area contributed by atoms with E-state index in [0.29, 0.717) is 5.56 Å². The molecule has 0 heterocycles. The van der Waals surface area contributed by atoms with Gasteiger partial charge in [0.15, 0.2) is 6.61 Å². The number of para-hydroxylation sites is 2. The van der Waals surface area contributed by atoms with Crippen LogP contribution in [0.3, 0.4) is 0 Å². The van der Waals surface area contributed by atoms with Crippen molar-refractivity contribution in [3.63, 3.8) is 0 Å². The third-order valence-electron chi connectivity index (χ3n) is 3.70. The van der Waals surface area contributed by atoms with Gasteiger partial charge in [-0.1, -0.05) is 45.0 Å². The third-order valence-corrected chi connectivity index (χ3v) is 3.70. The number of hydrogen-bond acceptors (Lipinski definition) is 5. The van der Waals surface area contributed by atoms with Crippen LogP contribution in [0.25, 0.3) is 0 Å². The molecule has 0 fully saturated rings. The lowest BCUT2D eigenvalue weighted by molar-refractivity contribution is -0.383. The first kappa shape index (κ1) is 19.1. The number of nitrogens with zero attached hydrogens (tertiary/aromatic N) is 1. The maximum absolute atomic E-state index is 12.0. The van der Waals surface area contributed by atoms with Crippen LogP contribution in [0.5, 0.6) is 0 Å². The maximum atomic E-state index is 12.0. The molecule has 0 saturated carbocycles. The number of carbonyl (C=O) groups excluding carboxylic acids is 2. The molecule has 1 amide bonds. The van der Waals surface area contributed by atoms with E-state index in [2.05, 4.69) is 26.1 Å². The van der Waals surface area contributed by atoms with Crippen LogP contribution in [0.15, 0.2) is 48.5 Å². The summed E-state index contributed by atoms with van der Waals surface area (Å²) in [6.07, 6.45) is 0. The van der Waals surface area contributed by atoms with E-state index in [-0.39, 0.29) is 16.8 Å². The molecule has 0 bridgehead atoms. The van der Waals surface area contributed by atoms with E-state index in [1.54, 1.807) is 18.2 Å². The van der Waals surface area contributed by atoms with Gasteiger partial charge in [0.1, 0.15) is 5.69 Å². The highest BCUT2D eigenvalue weighted by molar-refractivity contribution is 5.96. The van der Waals surface area contributed by atoms with Gasteiger partial charge in [-0.05, 0) is 29.2 Å². The largest absolute Gasteiger partial charge is 0.452 e. The fourth-order valence-electron chi connectivity index (χ4n) is 2.25. The summed E-state index contributed by atoms with van der Waals surface area (Å²) < 4.78 is 4.97. The van der Waals surface area contributed by atoms with Gasteiger partial charge < -0.3 is 10.1 Å². The van der Waals surface area contributed by atoms with Crippen LogP contribution < -0.4 is 5.32 Å². The molecule has 0 atom stereocenters. The SMILES string of the molecule is CC(C)(C)c1ccc(C(=O)OCC(=O)Nc2ccccc2[N+](=O)[O-])cc1. The summed E-state index contributed by atoms with van der Waals surface area (Å²) in [7, 11) is 0. The Morgan fingerprint density at radius 2 is 1.69 bits per heavy atom. The van der Waals surface area contributed by atoms with Gasteiger partial charge in [-0.25, -0.2) is 4.79 Å². The van der Waals surface area contributed by atoms with E-state index in [4.69, 9.17) is 4.74 Å². The fourth-order valence-corrected chi connectivity index (χ4v) is 2.25. The minimum Gasteiger partial charge on any atom is -0.452 e. The molecule has 0 unspecified atom stereocenters. The van der Waals surface area contributed by atoms with Crippen LogP contribution in [0.2, 0.25) is 0 Å². The Kier molecular flexibility index (Phi) is 5.71. The van der Waals surface area contributed by atoms with Crippen LogP contribution in [-0.4, -0.2) is 23.4 Å². The molecule has 7 heteroatoms. The quantitative estimate of drug-likeness (QED) is 0.500. The lowest BCUT2D eigenvalue weighted by Gasteiger charge is -2.18. The van der Waals surface area contributed by atoms with E-state index < -0.39 is 23.4 Å². The van der Waals surface area contributed by atoms with Crippen molar-refractivity contribution in [1.29, 1.82) is 0 Å². The van der Waals surface area contributed by atoms with Crippen molar-refractivity contribution in [3.05, 3.63) is 69.8 Å². The Morgan fingerprint density at radius 3 is 2.27 bits per heavy atom. The van der Waals surface area contributed by atoms with Crippen molar-refractivity contribution in [2.45, 2.75) is 26.2 Å². The number of hydrogen-bond donors (Lipinski definition) is 1. The second-order valence-corrected chi connectivity index (χ2v) is 6.73. The number of nitro benzene ring substituents is 1. The van der Waals surface area contributed by atoms with E-state index >= 15 is 0 Å². The van der Waals surface area contributed by atoms with Crippen molar-refractivity contribution < 1.29 is 19.2 Å². The molecule has 2 rings (SSSR count). The molecular weight excluding hydrogens is 336 g/mol. The summed E-state index contributed by atoms with van der Waals surface area (Å²) in [5, 5.41) is 13.3. The van der Waals surface area contributed by atoms with Crippen LogP contribution in [-0.2, 0) is 14.9 Å². The van der Waals surface area contributed by atoms with Gasteiger partial charge in [0, 0.05) is 6.07 Å². The van der Waals surface area contributed by atoms with Crippen molar-refractivity contribution in [1.82, 2.24) is 0 Å². The molecule has 0 aliphatic carbocycles. The van der Waals surface area contributed by atoms with Crippen LogP contribution in [0.4, 0.5) is 11.4 Å². The zero-order valence-electron chi connectivity index (χ0n) is 14.8. The summed E-state index contributed by atoms with van der Waals surface area (Å²) >= 11 is 0. The van der Waals surface area contributed by atoms with E-state index in [0.717, 1.165) is 5.56 Å². The average molecular weight is 356 g/mol. The van der Waals surface area contributed by atoms with E-state index in [1.807, 2.05) is 12.1 Å². The Labute approximate surface area is 151 Å². The number of amides is 1. The predicted molar refractivity (Wildman–Crippen MR) is 97.2 cm³/mol. The molecule has 1 N–H and O–H groups in total. The molecular formula is C19H20N2O5. The molecule has 7 nitrogen and oxygen atoms in total. The number of nitro groups is 1. The standard InChI is InChI=1S/C19H20N2O5/c1-19(2,3)14-10-8-13(9-11-14)18(23)26-12-17(22)20-15-6-4-5-7-16(15)21(24)25/h4-11H,12H2,1-3H3,(H,20,22). The van der Waals surface area contributed by atoms with Gasteiger partial charge >= 0.3 is 5.97 Å². The zero-order valence-corrected chi connectivity index (χ0v) is 14.8. The summed E-state index contributed by atoms with van der Waals surface area (Å²) in [6, 6.07) is 12.7. The smallest absolute Gasteiger partial charge is 0.338 e. The molecule has 0 aliphatic rings.